The summed E-state index contributed by atoms with van der Waals surface area (Å²) in [6, 6.07) is 14.5. The molecule has 7 rings (SSSR count). The number of rotatable bonds is 5. The van der Waals surface area contributed by atoms with Gasteiger partial charge in [0.15, 0.2) is 5.82 Å². The average Bonchev–Trinajstić information content (AvgIpc) is 3.58. The van der Waals surface area contributed by atoms with E-state index >= 15 is 0 Å². The normalized spacial score (nSPS) is 14.5. The second kappa shape index (κ2) is 9.22. The number of imidazole rings is 1. The lowest BCUT2D eigenvalue weighted by Gasteiger charge is -2.26. The van der Waals surface area contributed by atoms with Crippen LogP contribution >= 0.6 is 0 Å². The largest absolute Gasteiger partial charge is 0.336 e. The third-order valence-corrected chi connectivity index (χ3v) is 7.12. The van der Waals surface area contributed by atoms with Gasteiger partial charge in [0, 0.05) is 54.0 Å². The summed E-state index contributed by atoms with van der Waals surface area (Å²) in [6.45, 7) is 3.29. The van der Waals surface area contributed by atoms with Crippen LogP contribution in [0.1, 0.15) is 24.8 Å². The molecule has 0 aliphatic carbocycles. The second-order valence-corrected chi connectivity index (χ2v) is 9.63. The van der Waals surface area contributed by atoms with Gasteiger partial charge in [-0.1, -0.05) is 12.5 Å². The zero-order valence-corrected chi connectivity index (χ0v) is 20.4. The van der Waals surface area contributed by atoms with Gasteiger partial charge in [-0.2, -0.15) is 5.10 Å². The van der Waals surface area contributed by atoms with E-state index in [0.717, 1.165) is 56.6 Å². The molecule has 0 atom stereocenters. The lowest BCUT2D eigenvalue weighted by molar-refractivity contribution is 0.220. The molecular formula is C29H26N8. The molecule has 8 heteroatoms. The molecule has 1 saturated heterocycles. The van der Waals surface area contributed by atoms with E-state index in [0.29, 0.717) is 5.82 Å². The van der Waals surface area contributed by atoms with Gasteiger partial charge in [0.05, 0.1) is 16.7 Å². The number of pyridine rings is 3. The van der Waals surface area contributed by atoms with E-state index in [1.807, 2.05) is 30.6 Å². The van der Waals surface area contributed by atoms with Crippen molar-refractivity contribution >= 4 is 21.9 Å². The Morgan fingerprint density at radius 2 is 1.65 bits per heavy atom. The molecule has 0 spiro atoms. The van der Waals surface area contributed by atoms with Crippen LogP contribution in [0.3, 0.4) is 0 Å². The van der Waals surface area contributed by atoms with Crippen LogP contribution in [0.15, 0.2) is 73.4 Å². The topological polar surface area (TPSA) is 99.3 Å². The Morgan fingerprint density at radius 3 is 2.54 bits per heavy atom. The molecule has 0 radical (unpaired) electrons. The SMILES string of the molecule is c1cc(-c2nccc3[nH]c(-c4n[nH]c5ccc(-c6cncc(CN7CCCCC7)c6)cc45)nc23)ccn1. The molecule has 1 aromatic carbocycles. The number of H-pyrrole nitrogens is 2. The Morgan fingerprint density at radius 1 is 0.757 bits per heavy atom. The Kier molecular flexibility index (Phi) is 5.44. The summed E-state index contributed by atoms with van der Waals surface area (Å²) < 4.78 is 0. The van der Waals surface area contributed by atoms with Crippen LogP contribution in [0.25, 0.3) is 55.8 Å². The summed E-state index contributed by atoms with van der Waals surface area (Å²) in [5.74, 6) is 0.707. The van der Waals surface area contributed by atoms with Gasteiger partial charge in [-0.05, 0) is 73.5 Å². The van der Waals surface area contributed by atoms with Gasteiger partial charge in [-0.3, -0.25) is 25.0 Å². The number of hydrogen-bond donors (Lipinski definition) is 2. The minimum atomic E-state index is 0.707. The summed E-state index contributed by atoms with van der Waals surface area (Å²) in [5, 5.41) is 8.80. The molecule has 6 aromatic rings. The van der Waals surface area contributed by atoms with Crippen molar-refractivity contribution in [2.24, 2.45) is 0 Å². The van der Waals surface area contributed by atoms with Gasteiger partial charge in [0.2, 0.25) is 0 Å². The number of likely N-dealkylation sites (tertiary alicyclic amines) is 1. The molecule has 0 bridgehead atoms. The number of hydrogen-bond acceptors (Lipinski definition) is 6. The second-order valence-electron chi connectivity index (χ2n) is 9.63. The molecular weight excluding hydrogens is 460 g/mol. The Hall–Kier alpha value is -4.43. The fourth-order valence-electron chi connectivity index (χ4n) is 5.25. The molecule has 0 saturated carbocycles. The lowest BCUT2D eigenvalue weighted by Crippen LogP contribution is -2.29. The van der Waals surface area contributed by atoms with E-state index in [9.17, 15) is 0 Å². The molecule has 5 aromatic heterocycles. The maximum absolute atomic E-state index is 4.92. The number of fused-ring (bicyclic) bond motifs is 2. The van der Waals surface area contributed by atoms with Crippen LogP contribution in [0, 0.1) is 0 Å². The van der Waals surface area contributed by atoms with Gasteiger partial charge in [-0.25, -0.2) is 4.98 Å². The average molecular weight is 487 g/mol. The predicted molar refractivity (Wildman–Crippen MR) is 145 cm³/mol. The van der Waals surface area contributed by atoms with Crippen molar-refractivity contribution in [1.82, 2.24) is 40.0 Å². The van der Waals surface area contributed by atoms with Gasteiger partial charge >= 0.3 is 0 Å². The van der Waals surface area contributed by atoms with Crippen molar-refractivity contribution in [3.8, 4) is 33.9 Å². The van der Waals surface area contributed by atoms with Crippen LogP contribution in [-0.4, -0.2) is 53.1 Å². The Bertz CT molecular complexity index is 1700. The zero-order valence-electron chi connectivity index (χ0n) is 20.4. The molecule has 37 heavy (non-hydrogen) atoms. The van der Waals surface area contributed by atoms with E-state index in [4.69, 9.17) is 4.98 Å². The third kappa shape index (κ3) is 4.15. The van der Waals surface area contributed by atoms with Crippen molar-refractivity contribution in [3.63, 3.8) is 0 Å². The standard InChI is InChI=1S/C29H26N8/c1-2-12-37(13-3-1)18-19-14-22(17-31-16-19)21-4-5-24-23(15-21)27(36-35-24)29-33-25-8-11-32-26(28(25)34-29)20-6-9-30-10-7-20/h4-11,14-17H,1-3,12-13,18H2,(H,33,34)(H,35,36). The number of benzene rings is 1. The third-order valence-electron chi connectivity index (χ3n) is 7.12. The number of aromatic amines is 2. The monoisotopic (exact) mass is 486 g/mol. The minimum absolute atomic E-state index is 0.707. The quantitative estimate of drug-likeness (QED) is 0.329. The maximum Gasteiger partial charge on any atom is 0.159 e. The first-order chi connectivity index (χ1) is 18.3. The van der Waals surface area contributed by atoms with Gasteiger partial charge in [-0.15, -0.1) is 0 Å². The molecule has 6 heterocycles. The number of nitrogens with zero attached hydrogens (tertiary/aromatic N) is 6. The van der Waals surface area contributed by atoms with Crippen molar-refractivity contribution in [2.45, 2.75) is 25.8 Å². The Balaban J connectivity index is 1.26. The van der Waals surface area contributed by atoms with E-state index in [1.165, 1.54) is 37.9 Å². The number of aromatic nitrogens is 7. The minimum Gasteiger partial charge on any atom is -0.336 e. The molecule has 1 fully saturated rings. The molecule has 0 amide bonds. The van der Waals surface area contributed by atoms with Crippen molar-refractivity contribution in [1.29, 1.82) is 0 Å². The van der Waals surface area contributed by atoms with Gasteiger partial charge in [0.1, 0.15) is 11.2 Å². The fraction of sp³-hybridized carbons (Fsp3) is 0.207. The summed E-state index contributed by atoms with van der Waals surface area (Å²) in [4.78, 5) is 24.2. The van der Waals surface area contributed by atoms with Crippen LogP contribution in [0.4, 0.5) is 0 Å². The van der Waals surface area contributed by atoms with Gasteiger partial charge < -0.3 is 4.98 Å². The highest BCUT2D eigenvalue weighted by Crippen LogP contribution is 2.32. The highest BCUT2D eigenvalue weighted by Gasteiger charge is 2.17. The summed E-state index contributed by atoms with van der Waals surface area (Å²) in [5.41, 5.74) is 8.74. The van der Waals surface area contributed by atoms with E-state index in [-0.39, 0.29) is 0 Å². The molecule has 182 valence electrons. The van der Waals surface area contributed by atoms with Crippen molar-refractivity contribution < 1.29 is 0 Å². The smallest absolute Gasteiger partial charge is 0.159 e. The van der Waals surface area contributed by atoms with Crippen molar-refractivity contribution in [2.75, 3.05) is 13.1 Å². The fourth-order valence-corrected chi connectivity index (χ4v) is 5.25. The number of nitrogens with one attached hydrogen (secondary N) is 2. The van der Waals surface area contributed by atoms with Crippen LogP contribution in [-0.2, 0) is 6.54 Å². The van der Waals surface area contributed by atoms with Crippen LogP contribution in [0.2, 0.25) is 0 Å². The highest BCUT2D eigenvalue weighted by molar-refractivity contribution is 5.97. The summed E-state index contributed by atoms with van der Waals surface area (Å²) in [6.07, 6.45) is 13.2. The zero-order chi connectivity index (χ0) is 24.6. The lowest BCUT2D eigenvalue weighted by atomic mass is 10.0. The molecule has 8 nitrogen and oxygen atoms in total. The summed E-state index contributed by atoms with van der Waals surface area (Å²) in [7, 11) is 0. The number of piperidine rings is 1. The molecule has 2 N–H and O–H groups in total. The highest BCUT2D eigenvalue weighted by atomic mass is 15.1. The van der Waals surface area contributed by atoms with Crippen LogP contribution < -0.4 is 0 Å². The molecule has 1 aliphatic rings. The van der Waals surface area contributed by atoms with Crippen LogP contribution in [0.5, 0.6) is 0 Å². The van der Waals surface area contributed by atoms with E-state index in [2.05, 4.69) is 59.3 Å². The first kappa shape index (κ1) is 21.8. The Labute approximate surface area is 213 Å². The van der Waals surface area contributed by atoms with E-state index < -0.39 is 0 Å². The molecule has 0 unspecified atom stereocenters. The van der Waals surface area contributed by atoms with Gasteiger partial charge in [0.25, 0.3) is 0 Å². The summed E-state index contributed by atoms with van der Waals surface area (Å²) >= 11 is 0. The first-order valence-electron chi connectivity index (χ1n) is 12.7. The maximum atomic E-state index is 4.92. The molecule has 1 aliphatic heterocycles. The van der Waals surface area contributed by atoms with E-state index in [1.54, 1.807) is 18.6 Å². The van der Waals surface area contributed by atoms with Crippen molar-refractivity contribution in [3.05, 3.63) is 79.0 Å². The predicted octanol–water partition coefficient (Wildman–Crippen LogP) is 5.61. The first-order valence-corrected chi connectivity index (χ1v) is 12.7.